The summed E-state index contributed by atoms with van der Waals surface area (Å²) in [6, 6.07) is 0. The zero-order valence-corrected chi connectivity index (χ0v) is 21.4. The molecule has 180 valence electrons. The molecule has 3 heteroatoms. The van der Waals surface area contributed by atoms with E-state index < -0.39 is 16.2 Å². The van der Waals surface area contributed by atoms with Crippen molar-refractivity contribution in [2.24, 2.45) is 16.2 Å². The molecule has 1 fully saturated rings. The van der Waals surface area contributed by atoms with Crippen molar-refractivity contribution in [1.82, 2.24) is 0 Å². The van der Waals surface area contributed by atoms with Gasteiger partial charge >= 0.3 is 0 Å². The Balaban J connectivity index is 4.11. The predicted molar refractivity (Wildman–Crippen MR) is 139 cm³/mol. The van der Waals surface area contributed by atoms with Crippen LogP contribution in [0.15, 0.2) is 72.9 Å². The Morgan fingerprint density at radius 2 is 0.545 bits per heavy atom. The standard InChI is InChI=1S/C30H42O3/c1-7-13-19-28(20-14-8-2)25(31)29(21-15-9-3,22-16-10-4)27(33)30(26(28)32,23-17-11-5)24-18-12-6/h7-18H,19-24H2,1-6H3/b13-7+,14-8+,15-9+,16-10+,17-11+,18-12+. The lowest BCUT2D eigenvalue weighted by Crippen LogP contribution is -2.66. The minimum atomic E-state index is -1.26. The van der Waals surface area contributed by atoms with Gasteiger partial charge in [-0.25, -0.2) is 0 Å². The smallest absolute Gasteiger partial charge is 0.161 e. The van der Waals surface area contributed by atoms with Crippen LogP contribution in [0.1, 0.15) is 80.1 Å². The summed E-state index contributed by atoms with van der Waals surface area (Å²) in [5.74, 6) is -0.683. The molecular formula is C30H42O3. The van der Waals surface area contributed by atoms with Crippen LogP contribution in [0.2, 0.25) is 0 Å². The van der Waals surface area contributed by atoms with Gasteiger partial charge in [0.15, 0.2) is 17.3 Å². The maximum atomic E-state index is 14.4. The number of carbonyl (C=O) groups is 3. The van der Waals surface area contributed by atoms with Crippen LogP contribution in [0, 0.1) is 16.2 Å². The fourth-order valence-electron chi connectivity index (χ4n) is 4.96. The van der Waals surface area contributed by atoms with Crippen molar-refractivity contribution in [1.29, 1.82) is 0 Å². The van der Waals surface area contributed by atoms with Crippen molar-refractivity contribution >= 4 is 17.3 Å². The van der Waals surface area contributed by atoms with E-state index in [4.69, 9.17) is 0 Å². The van der Waals surface area contributed by atoms with Gasteiger partial charge in [0, 0.05) is 0 Å². The largest absolute Gasteiger partial charge is 0.297 e. The van der Waals surface area contributed by atoms with Crippen molar-refractivity contribution < 1.29 is 14.4 Å². The summed E-state index contributed by atoms with van der Waals surface area (Å²) in [7, 11) is 0. The predicted octanol–water partition coefficient (Wildman–Crippen LogP) is 7.46. The van der Waals surface area contributed by atoms with Crippen LogP contribution >= 0.6 is 0 Å². The first-order valence-electron chi connectivity index (χ1n) is 12.1. The number of Topliss-reactive ketones (excluding diaryl/α,β-unsaturated/α-hetero) is 3. The Hall–Kier alpha value is -2.55. The molecule has 0 atom stereocenters. The SMILES string of the molecule is C/C=C/CC1(C/C=C/C)C(=O)C(C/C=C/C)(C/C=C/C)C(=O)C(C/C=C/C)(C/C=C/C)C1=O. The van der Waals surface area contributed by atoms with E-state index in [0.717, 1.165) is 0 Å². The van der Waals surface area contributed by atoms with Gasteiger partial charge in [-0.15, -0.1) is 0 Å². The molecule has 0 N–H and O–H groups in total. The topological polar surface area (TPSA) is 51.2 Å². The number of allylic oxidation sites excluding steroid dienone is 12. The van der Waals surface area contributed by atoms with Gasteiger partial charge < -0.3 is 0 Å². The molecule has 0 aliphatic heterocycles. The summed E-state index contributed by atoms with van der Waals surface area (Å²) in [4.78, 5) is 43.3. The van der Waals surface area contributed by atoms with Gasteiger partial charge in [0.2, 0.25) is 0 Å². The Kier molecular flexibility index (Phi) is 11.4. The van der Waals surface area contributed by atoms with Crippen molar-refractivity contribution in [3.05, 3.63) is 72.9 Å². The molecule has 0 bridgehead atoms. The molecule has 0 spiro atoms. The van der Waals surface area contributed by atoms with E-state index in [2.05, 4.69) is 0 Å². The first kappa shape index (κ1) is 28.5. The Morgan fingerprint density at radius 3 is 0.667 bits per heavy atom. The van der Waals surface area contributed by atoms with E-state index in [-0.39, 0.29) is 17.3 Å². The van der Waals surface area contributed by atoms with Crippen LogP contribution in [0.25, 0.3) is 0 Å². The van der Waals surface area contributed by atoms with Crippen LogP contribution in [0.5, 0.6) is 0 Å². The van der Waals surface area contributed by atoms with E-state index in [1.165, 1.54) is 0 Å². The van der Waals surface area contributed by atoms with Crippen molar-refractivity contribution in [3.63, 3.8) is 0 Å². The van der Waals surface area contributed by atoms with Crippen molar-refractivity contribution in [3.8, 4) is 0 Å². The second-order valence-corrected chi connectivity index (χ2v) is 8.87. The Labute approximate surface area is 201 Å². The third kappa shape index (κ3) is 5.51. The summed E-state index contributed by atoms with van der Waals surface area (Å²) < 4.78 is 0. The summed E-state index contributed by atoms with van der Waals surface area (Å²) in [5.41, 5.74) is -3.79. The lowest BCUT2D eigenvalue weighted by molar-refractivity contribution is -0.170. The minimum Gasteiger partial charge on any atom is -0.297 e. The minimum absolute atomic E-state index is 0.228. The second kappa shape index (κ2) is 13.2. The highest BCUT2D eigenvalue weighted by Crippen LogP contribution is 2.56. The molecule has 0 radical (unpaired) electrons. The normalized spacial score (nSPS) is 20.7. The van der Waals surface area contributed by atoms with Gasteiger partial charge in [-0.1, -0.05) is 72.9 Å². The molecule has 0 aromatic rings. The quantitative estimate of drug-likeness (QED) is 0.229. The second-order valence-electron chi connectivity index (χ2n) is 8.87. The summed E-state index contributed by atoms with van der Waals surface area (Å²) >= 11 is 0. The maximum Gasteiger partial charge on any atom is 0.161 e. The zero-order valence-electron chi connectivity index (χ0n) is 21.4. The summed E-state index contributed by atoms with van der Waals surface area (Å²) in [6.45, 7) is 11.4. The Morgan fingerprint density at radius 1 is 0.394 bits per heavy atom. The highest BCUT2D eigenvalue weighted by molar-refractivity contribution is 6.31. The molecule has 1 rings (SSSR count). The highest BCUT2D eigenvalue weighted by atomic mass is 16.2. The van der Waals surface area contributed by atoms with Gasteiger partial charge in [-0.05, 0) is 80.1 Å². The van der Waals surface area contributed by atoms with Crippen molar-refractivity contribution in [2.75, 3.05) is 0 Å². The average molecular weight is 451 g/mol. The van der Waals surface area contributed by atoms with Gasteiger partial charge in [0.1, 0.15) is 0 Å². The molecule has 0 aromatic heterocycles. The van der Waals surface area contributed by atoms with Crippen LogP contribution in [0.3, 0.4) is 0 Å². The summed E-state index contributed by atoms with van der Waals surface area (Å²) in [6.07, 6.45) is 24.6. The molecule has 0 amide bonds. The number of hydrogen-bond donors (Lipinski definition) is 0. The number of ketones is 3. The molecule has 0 heterocycles. The molecular weight excluding hydrogens is 408 g/mol. The summed E-state index contributed by atoms with van der Waals surface area (Å²) in [5, 5.41) is 0. The Bertz CT molecular complexity index is 681. The van der Waals surface area contributed by atoms with Crippen LogP contribution in [-0.4, -0.2) is 17.3 Å². The maximum absolute atomic E-state index is 14.4. The fourth-order valence-corrected chi connectivity index (χ4v) is 4.96. The molecule has 1 aliphatic carbocycles. The molecule has 1 saturated carbocycles. The van der Waals surface area contributed by atoms with Gasteiger partial charge in [0.05, 0.1) is 16.2 Å². The number of carbonyl (C=O) groups excluding carboxylic acids is 3. The first-order valence-corrected chi connectivity index (χ1v) is 12.1. The fraction of sp³-hybridized carbons (Fsp3) is 0.500. The van der Waals surface area contributed by atoms with Crippen LogP contribution in [0.4, 0.5) is 0 Å². The van der Waals surface area contributed by atoms with Crippen molar-refractivity contribution in [2.45, 2.75) is 80.1 Å². The van der Waals surface area contributed by atoms with E-state index in [9.17, 15) is 14.4 Å². The lowest BCUT2D eigenvalue weighted by atomic mass is 9.46. The molecule has 0 saturated heterocycles. The lowest BCUT2D eigenvalue weighted by Gasteiger charge is -2.51. The zero-order chi connectivity index (χ0) is 25.0. The third-order valence-electron chi connectivity index (χ3n) is 6.82. The van der Waals surface area contributed by atoms with E-state index in [1.807, 2.05) is 114 Å². The van der Waals surface area contributed by atoms with Gasteiger partial charge in [0.25, 0.3) is 0 Å². The van der Waals surface area contributed by atoms with E-state index in [0.29, 0.717) is 38.5 Å². The molecule has 3 nitrogen and oxygen atoms in total. The van der Waals surface area contributed by atoms with Crippen LogP contribution in [-0.2, 0) is 14.4 Å². The number of rotatable bonds is 12. The average Bonchev–Trinajstić information content (AvgIpc) is 2.83. The molecule has 0 unspecified atom stereocenters. The number of hydrogen-bond acceptors (Lipinski definition) is 3. The monoisotopic (exact) mass is 450 g/mol. The molecule has 33 heavy (non-hydrogen) atoms. The van der Waals surface area contributed by atoms with Crippen LogP contribution < -0.4 is 0 Å². The van der Waals surface area contributed by atoms with E-state index >= 15 is 0 Å². The van der Waals surface area contributed by atoms with E-state index in [1.54, 1.807) is 0 Å². The van der Waals surface area contributed by atoms with Gasteiger partial charge in [-0.3, -0.25) is 14.4 Å². The third-order valence-corrected chi connectivity index (χ3v) is 6.82. The molecule has 0 aromatic carbocycles. The molecule has 1 aliphatic rings. The first-order chi connectivity index (χ1) is 15.8. The highest BCUT2D eigenvalue weighted by Gasteiger charge is 2.69. The van der Waals surface area contributed by atoms with Gasteiger partial charge in [-0.2, -0.15) is 0 Å².